The van der Waals surface area contributed by atoms with E-state index in [2.05, 4.69) is 21.6 Å². The minimum atomic E-state index is -0.146. The van der Waals surface area contributed by atoms with Crippen LogP contribution in [0.1, 0.15) is 116 Å². The number of unbranched alkanes of at least 4 members (excludes halogenated alkanes) is 2. The van der Waals surface area contributed by atoms with Crippen molar-refractivity contribution in [2.75, 3.05) is 34.0 Å². The molecule has 0 spiro atoms. The van der Waals surface area contributed by atoms with Crippen molar-refractivity contribution >= 4 is 18.2 Å². The fourth-order valence-corrected chi connectivity index (χ4v) is 9.44. The van der Waals surface area contributed by atoms with E-state index in [1.807, 2.05) is 0 Å². The van der Waals surface area contributed by atoms with E-state index in [0.717, 1.165) is 116 Å². The molecule has 4 saturated carbocycles. The average molecular weight is 703 g/mol. The number of allylic oxidation sites excluding steroid dienone is 4. The predicted octanol–water partition coefficient (Wildman–Crippen LogP) is 6.62. The number of aldehydes is 1. The van der Waals surface area contributed by atoms with Crippen LogP contribution in [-0.4, -0.2) is 82.2 Å². The van der Waals surface area contributed by atoms with Gasteiger partial charge in [0.15, 0.2) is 12.6 Å². The molecular weight excluding hydrogens is 640 g/mol. The maximum absolute atomic E-state index is 11.7. The zero-order valence-corrected chi connectivity index (χ0v) is 30.5. The molecule has 0 aromatic rings. The number of methoxy groups -OCH3 is 2. The normalized spacial score (nSPS) is 36.5. The molecule has 0 radical (unpaired) electrons. The Hall–Kier alpha value is -2.11. The van der Waals surface area contributed by atoms with E-state index in [4.69, 9.17) is 18.9 Å². The SMILES string of the molecule is COC(=O)CCC/C=C1\C[C@H]2C[C@@H](OC3CCCCO3)[C@H](C=O)[C@H]2C1.COC(=O)CCC/C=C1\C[C@H]2C[C@@H](OC3CCCCO3)[C@H](CO)[C@H]2C1. The van der Waals surface area contributed by atoms with Crippen molar-refractivity contribution in [2.45, 2.75) is 140 Å². The van der Waals surface area contributed by atoms with Gasteiger partial charge in [-0.15, -0.1) is 0 Å². The monoisotopic (exact) mass is 702 g/mol. The number of ether oxygens (including phenoxy) is 6. The van der Waals surface area contributed by atoms with Crippen molar-refractivity contribution in [1.29, 1.82) is 0 Å². The molecule has 0 aromatic heterocycles. The number of fused-ring (bicyclic) bond motifs is 2. The molecule has 10 atom stereocenters. The maximum Gasteiger partial charge on any atom is 0.305 e. The van der Waals surface area contributed by atoms with Gasteiger partial charge in [0.1, 0.15) is 6.29 Å². The lowest BCUT2D eigenvalue weighted by Gasteiger charge is -2.29. The van der Waals surface area contributed by atoms with Gasteiger partial charge in [0.2, 0.25) is 0 Å². The van der Waals surface area contributed by atoms with Gasteiger partial charge in [-0.25, -0.2) is 0 Å². The van der Waals surface area contributed by atoms with Crippen LogP contribution in [0.25, 0.3) is 0 Å². The third-order valence-corrected chi connectivity index (χ3v) is 12.1. The number of esters is 2. The first-order chi connectivity index (χ1) is 24.4. The number of aliphatic hydroxyl groups excluding tert-OH is 1. The summed E-state index contributed by atoms with van der Waals surface area (Å²) < 4.78 is 33.1. The molecule has 1 N–H and O–H groups in total. The first-order valence-corrected chi connectivity index (χ1v) is 19.5. The molecule has 0 bridgehead atoms. The van der Waals surface area contributed by atoms with E-state index in [9.17, 15) is 19.5 Å². The van der Waals surface area contributed by atoms with Gasteiger partial charge < -0.3 is 38.3 Å². The number of hydrogen-bond donors (Lipinski definition) is 1. The minimum Gasteiger partial charge on any atom is -0.469 e. The van der Waals surface area contributed by atoms with E-state index in [1.165, 1.54) is 31.8 Å². The Bertz CT molecular complexity index is 1140. The molecular formula is C40H62O10. The van der Waals surface area contributed by atoms with E-state index in [-0.39, 0.29) is 55.2 Å². The number of rotatable bonds is 14. The van der Waals surface area contributed by atoms with Crippen LogP contribution in [0, 0.1) is 35.5 Å². The van der Waals surface area contributed by atoms with Crippen LogP contribution in [0.4, 0.5) is 0 Å². The second kappa shape index (κ2) is 20.2. The fourth-order valence-electron chi connectivity index (χ4n) is 9.44. The van der Waals surface area contributed by atoms with Gasteiger partial charge in [-0.1, -0.05) is 23.3 Å². The first-order valence-electron chi connectivity index (χ1n) is 19.5. The van der Waals surface area contributed by atoms with Crippen LogP contribution in [0.3, 0.4) is 0 Å². The largest absolute Gasteiger partial charge is 0.469 e. The summed E-state index contributed by atoms with van der Waals surface area (Å²) in [5.41, 5.74) is 2.93. The van der Waals surface area contributed by atoms with Gasteiger partial charge in [-0.3, -0.25) is 9.59 Å². The Morgan fingerprint density at radius 2 is 1.26 bits per heavy atom. The summed E-state index contributed by atoms with van der Waals surface area (Å²) in [5.74, 6) is 2.07. The highest BCUT2D eigenvalue weighted by molar-refractivity contribution is 5.69. The van der Waals surface area contributed by atoms with Crippen LogP contribution >= 0.6 is 0 Å². The number of carbonyl (C=O) groups excluding carboxylic acids is 3. The maximum atomic E-state index is 11.7. The Kier molecular flexibility index (Phi) is 15.8. The molecule has 6 fully saturated rings. The average Bonchev–Trinajstić information content (AvgIpc) is 3.88. The lowest BCUT2D eigenvalue weighted by molar-refractivity contribution is -0.198. The standard InChI is InChI=1S/C20H32O5.C20H30O5/c2*1-23-19(22)7-3-2-6-14-10-15-12-18(17(13-21)16(15)11-14)25-20-8-4-5-9-24-20/h6,15-18,20-21H,2-5,7-13H2,1H3;6,13,15-18,20H,2-5,7-12H2,1H3/b2*14-6+/t2*15-,16-,17+,18+,20?/m00/s1. The Morgan fingerprint density at radius 1 is 0.740 bits per heavy atom. The molecule has 282 valence electrons. The topological polar surface area (TPSA) is 127 Å². The van der Waals surface area contributed by atoms with Gasteiger partial charge in [-0.2, -0.15) is 0 Å². The smallest absolute Gasteiger partial charge is 0.305 e. The van der Waals surface area contributed by atoms with Crippen LogP contribution < -0.4 is 0 Å². The molecule has 2 aliphatic heterocycles. The highest BCUT2D eigenvalue weighted by Crippen LogP contribution is 2.52. The molecule has 0 amide bonds. The molecule has 10 heteroatoms. The summed E-state index contributed by atoms with van der Waals surface area (Å²) in [6, 6.07) is 0. The second-order valence-corrected chi connectivity index (χ2v) is 15.3. The second-order valence-electron chi connectivity index (χ2n) is 15.3. The molecule has 2 heterocycles. The molecule has 0 aromatic carbocycles. The van der Waals surface area contributed by atoms with Gasteiger partial charge in [0.25, 0.3) is 0 Å². The summed E-state index contributed by atoms with van der Waals surface area (Å²) in [5, 5.41) is 9.91. The Morgan fingerprint density at radius 3 is 1.76 bits per heavy atom. The summed E-state index contributed by atoms with van der Waals surface area (Å²) >= 11 is 0. The molecule has 6 rings (SSSR count). The summed E-state index contributed by atoms with van der Waals surface area (Å²) in [6.45, 7) is 1.77. The molecule has 4 aliphatic carbocycles. The molecule has 2 unspecified atom stereocenters. The van der Waals surface area contributed by atoms with E-state index in [1.54, 1.807) is 0 Å². The number of carbonyl (C=O) groups is 3. The molecule has 50 heavy (non-hydrogen) atoms. The summed E-state index contributed by atoms with van der Waals surface area (Å²) in [7, 11) is 2.86. The van der Waals surface area contributed by atoms with Crippen molar-refractivity contribution in [2.24, 2.45) is 35.5 Å². The van der Waals surface area contributed by atoms with Gasteiger partial charge in [-0.05, 0) is 126 Å². The van der Waals surface area contributed by atoms with E-state index < -0.39 is 0 Å². The lowest BCUT2D eigenvalue weighted by Crippen LogP contribution is -2.32. The molecule has 2 saturated heterocycles. The van der Waals surface area contributed by atoms with Crippen LogP contribution in [0.15, 0.2) is 23.3 Å². The quantitative estimate of drug-likeness (QED) is 0.0914. The van der Waals surface area contributed by atoms with Gasteiger partial charge in [0, 0.05) is 44.5 Å². The number of aliphatic hydroxyl groups is 1. The summed E-state index contributed by atoms with van der Waals surface area (Å²) in [4.78, 5) is 34.0. The van der Waals surface area contributed by atoms with Crippen molar-refractivity contribution < 1.29 is 47.9 Å². The predicted molar refractivity (Wildman–Crippen MR) is 187 cm³/mol. The van der Waals surface area contributed by atoms with E-state index >= 15 is 0 Å². The molecule has 6 aliphatic rings. The summed E-state index contributed by atoms with van der Waals surface area (Å²) in [6.07, 6.45) is 22.9. The van der Waals surface area contributed by atoms with Crippen molar-refractivity contribution in [3.05, 3.63) is 23.3 Å². The first kappa shape index (κ1) is 39.1. The van der Waals surface area contributed by atoms with Crippen molar-refractivity contribution in [1.82, 2.24) is 0 Å². The number of hydrogen-bond acceptors (Lipinski definition) is 10. The van der Waals surface area contributed by atoms with Crippen molar-refractivity contribution in [3.63, 3.8) is 0 Å². The van der Waals surface area contributed by atoms with Gasteiger partial charge in [0.05, 0.1) is 26.4 Å². The third-order valence-electron chi connectivity index (χ3n) is 12.1. The zero-order valence-electron chi connectivity index (χ0n) is 30.5. The van der Waals surface area contributed by atoms with Crippen LogP contribution in [0.2, 0.25) is 0 Å². The minimum absolute atomic E-state index is 0.00324. The zero-order chi connectivity index (χ0) is 35.3. The van der Waals surface area contributed by atoms with Crippen LogP contribution in [0.5, 0.6) is 0 Å². The van der Waals surface area contributed by atoms with Crippen LogP contribution in [-0.2, 0) is 42.8 Å². The Balaban J connectivity index is 0.000000194. The highest BCUT2D eigenvalue weighted by Gasteiger charge is 2.49. The fraction of sp³-hybridized carbons (Fsp3) is 0.825. The highest BCUT2D eigenvalue weighted by atomic mass is 16.7. The Labute approximate surface area is 299 Å². The third kappa shape index (κ3) is 11.0. The van der Waals surface area contributed by atoms with E-state index in [0.29, 0.717) is 36.5 Å². The van der Waals surface area contributed by atoms with Gasteiger partial charge >= 0.3 is 11.9 Å². The lowest BCUT2D eigenvalue weighted by atomic mass is 9.92. The molecule has 10 nitrogen and oxygen atoms in total. The van der Waals surface area contributed by atoms with Crippen molar-refractivity contribution in [3.8, 4) is 0 Å².